The van der Waals surface area contributed by atoms with E-state index in [0.29, 0.717) is 6.54 Å². The summed E-state index contributed by atoms with van der Waals surface area (Å²) in [5.41, 5.74) is 5.23. The summed E-state index contributed by atoms with van der Waals surface area (Å²) in [5.74, 6) is -0.0320. The molecule has 0 saturated heterocycles. The molecule has 1 aromatic carbocycles. The Morgan fingerprint density at radius 1 is 1.13 bits per heavy atom. The van der Waals surface area contributed by atoms with Crippen LogP contribution in [-0.4, -0.2) is 15.3 Å². The number of carbonyl (C=O) groups excluding carboxylic acids is 1. The average molecular weight is 305 g/mol. The van der Waals surface area contributed by atoms with Crippen LogP contribution in [0.3, 0.4) is 0 Å². The summed E-state index contributed by atoms with van der Waals surface area (Å²) in [4.78, 5) is 16.9. The topological polar surface area (TPSA) is 46.4 Å². The lowest BCUT2D eigenvalue weighted by Crippen LogP contribution is -2.23. The van der Waals surface area contributed by atoms with E-state index >= 15 is 0 Å². The third-order valence-corrected chi connectivity index (χ3v) is 4.45. The minimum atomic E-state index is -0.0320. The molecule has 0 bridgehead atoms. The number of pyridine rings is 1. The maximum Gasteiger partial charge on any atom is 0.251 e. The Bertz CT molecular complexity index is 833. The molecule has 2 heterocycles. The molecule has 0 radical (unpaired) electrons. The lowest BCUT2D eigenvalue weighted by atomic mass is 9.90. The number of hydrogen-bond acceptors (Lipinski definition) is 2. The van der Waals surface area contributed by atoms with Gasteiger partial charge < -0.3 is 9.72 Å². The number of carbonyl (C=O) groups is 1. The van der Waals surface area contributed by atoms with E-state index in [4.69, 9.17) is 0 Å². The molecule has 1 aliphatic rings. The second-order valence-electron chi connectivity index (χ2n) is 6.07. The fourth-order valence-corrected chi connectivity index (χ4v) is 3.22. The molecule has 0 fully saturated rings. The molecule has 4 heteroatoms. The third kappa shape index (κ3) is 2.84. The number of rotatable bonds is 3. The van der Waals surface area contributed by atoms with Gasteiger partial charge in [0.2, 0.25) is 0 Å². The van der Waals surface area contributed by atoms with Crippen LogP contribution in [0, 0.1) is 0 Å². The van der Waals surface area contributed by atoms with Crippen molar-refractivity contribution < 1.29 is 4.79 Å². The first-order valence-corrected chi connectivity index (χ1v) is 8.12. The van der Waals surface area contributed by atoms with Gasteiger partial charge in [0.25, 0.3) is 5.91 Å². The first kappa shape index (κ1) is 14.0. The van der Waals surface area contributed by atoms with Crippen LogP contribution in [0.5, 0.6) is 0 Å². The molecule has 4 rings (SSSR count). The van der Waals surface area contributed by atoms with E-state index in [1.54, 1.807) is 0 Å². The lowest BCUT2D eigenvalue weighted by Gasteiger charge is -2.16. The van der Waals surface area contributed by atoms with Crippen LogP contribution < -0.4 is 5.32 Å². The Labute approximate surface area is 135 Å². The highest BCUT2D eigenvalue weighted by molar-refractivity contribution is 5.94. The zero-order valence-corrected chi connectivity index (χ0v) is 13.0. The number of hydrogen-bond donors (Lipinski definition) is 1. The molecule has 0 unspecified atom stereocenters. The quantitative estimate of drug-likeness (QED) is 0.808. The van der Waals surface area contributed by atoms with Gasteiger partial charge in [-0.05, 0) is 61.1 Å². The molecule has 1 N–H and O–H groups in total. The highest BCUT2D eigenvalue weighted by atomic mass is 16.1. The summed E-state index contributed by atoms with van der Waals surface area (Å²) < 4.78 is 1.96. The van der Waals surface area contributed by atoms with Gasteiger partial charge in [0.05, 0.1) is 12.2 Å². The van der Waals surface area contributed by atoms with Crippen molar-refractivity contribution in [3.8, 4) is 0 Å². The van der Waals surface area contributed by atoms with Gasteiger partial charge in [0, 0.05) is 18.0 Å². The molecule has 116 valence electrons. The SMILES string of the molecule is O=C(NCc1cn2ccccc2n1)c1ccc2c(c1)CCCC2. The number of fused-ring (bicyclic) bond motifs is 2. The van der Waals surface area contributed by atoms with Crippen molar-refractivity contribution in [2.45, 2.75) is 32.2 Å². The van der Waals surface area contributed by atoms with Gasteiger partial charge in [-0.25, -0.2) is 4.98 Å². The number of aryl methyl sites for hydroxylation is 2. The maximum absolute atomic E-state index is 12.4. The number of nitrogens with one attached hydrogen (secondary N) is 1. The number of nitrogens with zero attached hydrogens (tertiary/aromatic N) is 2. The minimum absolute atomic E-state index is 0.0320. The summed E-state index contributed by atoms with van der Waals surface area (Å²) in [6, 6.07) is 12.0. The lowest BCUT2D eigenvalue weighted by molar-refractivity contribution is 0.0950. The molecule has 0 aliphatic heterocycles. The van der Waals surface area contributed by atoms with Crippen molar-refractivity contribution in [1.29, 1.82) is 0 Å². The Kier molecular flexibility index (Phi) is 3.58. The third-order valence-electron chi connectivity index (χ3n) is 4.45. The van der Waals surface area contributed by atoms with E-state index in [1.165, 1.54) is 24.0 Å². The number of imidazole rings is 1. The van der Waals surface area contributed by atoms with Gasteiger partial charge in [-0.15, -0.1) is 0 Å². The van der Waals surface area contributed by atoms with Crippen LogP contribution in [-0.2, 0) is 19.4 Å². The standard InChI is InChI=1S/C19H19N3O/c23-19(16-9-8-14-5-1-2-6-15(14)11-16)20-12-17-13-22-10-4-3-7-18(22)21-17/h3-4,7-11,13H,1-2,5-6,12H2,(H,20,23). The van der Waals surface area contributed by atoms with Crippen LogP contribution in [0.2, 0.25) is 0 Å². The van der Waals surface area contributed by atoms with E-state index in [9.17, 15) is 4.79 Å². The van der Waals surface area contributed by atoms with Gasteiger partial charge in [0.15, 0.2) is 0 Å². The second kappa shape index (κ2) is 5.88. The number of aromatic nitrogens is 2. The van der Waals surface area contributed by atoms with E-state index in [1.807, 2.05) is 47.1 Å². The molecule has 0 saturated carbocycles. The van der Waals surface area contributed by atoms with E-state index in [2.05, 4.69) is 16.4 Å². The zero-order chi connectivity index (χ0) is 15.6. The molecular weight excluding hydrogens is 286 g/mol. The minimum Gasteiger partial charge on any atom is -0.346 e. The van der Waals surface area contributed by atoms with Crippen LogP contribution in [0.25, 0.3) is 5.65 Å². The first-order valence-electron chi connectivity index (χ1n) is 8.12. The van der Waals surface area contributed by atoms with E-state index in [0.717, 1.165) is 29.7 Å². The monoisotopic (exact) mass is 305 g/mol. The number of amides is 1. The van der Waals surface area contributed by atoms with Gasteiger partial charge in [-0.3, -0.25) is 4.79 Å². The van der Waals surface area contributed by atoms with Gasteiger partial charge >= 0.3 is 0 Å². The summed E-state index contributed by atoms with van der Waals surface area (Å²) in [6.45, 7) is 0.442. The second-order valence-corrected chi connectivity index (χ2v) is 6.07. The first-order chi connectivity index (χ1) is 11.3. The molecule has 2 aromatic heterocycles. The van der Waals surface area contributed by atoms with Crippen LogP contribution in [0.15, 0.2) is 48.8 Å². The summed E-state index contributed by atoms with van der Waals surface area (Å²) in [5, 5.41) is 2.97. The van der Waals surface area contributed by atoms with Crippen LogP contribution in [0.1, 0.15) is 40.0 Å². The fraction of sp³-hybridized carbons (Fsp3) is 0.263. The summed E-state index contributed by atoms with van der Waals surface area (Å²) >= 11 is 0. The highest BCUT2D eigenvalue weighted by Gasteiger charge is 2.13. The van der Waals surface area contributed by atoms with Crippen molar-refractivity contribution in [2.75, 3.05) is 0 Å². The fourth-order valence-electron chi connectivity index (χ4n) is 3.22. The highest BCUT2D eigenvalue weighted by Crippen LogP contribution is 2.22. The number of benzene rings is 1. The molecule has 4 nitrogen and oxygen atoms in total. The van der Waals surface area contributed by atoms with Crippen LogP contribution in [0.4, 0.5) is 0 Å². The van der Waals surface area contributed by atoms with Crippen molar-refractivity contribution in [3.63, 3.8) is 0 Å². The molecule has 0 atom stereocenters. The average Bonchev–Trinajstić information content (AvgIpc) is 3.02. The van der Waals surface area contributed by atoms with Gasteiger partial charge in [-0.2, -0.15) is 0 Å². The molecule has 23 heavy (non-hydrogen) atoms. The van der Waals surface area contributed by atoms with Crippen molar-refractivity contribution >= 4 is 11.6 Å². The van der Waals surface area contributed by atoms with Crippen molar-refractivity contribution in [2.24, 2.45) is 0 Å². The van der Waals surface area contributed by atoms with Gasteiger partial charge in [0.1, 0.15) is 5.65 Å². The largest absolute Gasteiger partial charge is 0.346 e. The van der Waals surface area contributed by atoms with Crippen LogP contribution >= 0.6 is 0 Å². The smallest absolute Gasteiger partial charge is 0.251 e. The molecule has 1 amide bonds. The Morgan fingerprint density at radius 2 is 2.00 bits per heavy atom. The normalized spacial score (nSPS) is 13.7. The molecular formula is C19H19N3O. The predicted octanol–water partition coefficient (Wildman–Crippen LogP) is 3.14. The van der Waals surface area contributed by atoms with E-state index < -0.39 is 0 Å². The Hall–Kier alpha value is -2.62. The Morgan fingerprint density at radius 3 is 2.87 bits per heavy atom. The molecule has 0 spiro atoms. The Balaban J connectivity index is 1.47. The molecule has 3 aromatic rings. The molecule has 1 aliphatic carbocycles. The van der Waals surface area contributed by atoms with Crippen molar-refractivity contribution in [3.05, 3.63) is 71.2 Å². The predicted molar refractivity (Wildman–Crippen MR) is 89.4 cm³/mol. The van der Waals surface area contributed by atoms with Crippen molar-refractivity contribution in [1.82, 2.24) is 14.7 Å². The summed E-state index contributed by atoms with van der Waals surface area (Å²) in [6.07, 6.45) is 8.60. The zero-order valence-electron chi connectivity index (χ0n) is 13.0. The maximum atomic E-state index is 12.4. The van der Waals surface area contributed by atoms with E-state index in [-0.39, 0.29) is 5.91 Å². The van der Waals surface area contributed by atoms with Gasteiger partial charge in [-0.1, -0.05) is 12.1 Å². The summed E-state index contributed by atoms with van der Waals surface area (Å²) in [7, 11) is 0.